The number of alkyl halides is 2. The minimum absolute atomic E-state index is 0.0438. The number of hydrogen-bond acceptors (Lipinski definition) is 3. The van der Waals surface area contributed by atoms with Gasteiger partial charge < -0.3 is 5.73 Å². The Kier molecular flexibility index (Phi) is 3.07. The molecule has 2 N–H and O–H groups in total. The molecule has 0 unspecified atom stereocenters. The lowest BCUT2D eigenvalue weighted by molar-refractivity contribution is 0.141. The van der Waals surface area contributed by atoms with Gasteiger partial charge in [0.2, 0.25) is 0 Å². The predicted molar refractivity (Wildman–Crippen MR) is 64.3 cm³/mol. The summed E-state index contributed by atoms with van der Waals surface area (Å²) in [5.41, 5.74) is 5.99. The Morgan fingerprint density at radius 2 is 1.88 bits per heavy atom. The monoisotopic (exact) mass is 351 g/mol. The average molecular weight is 353 g/mol. The molecule has 7 heteroatoms. The number of halogens is 4. The summed E-state index contributed by atoms with van der Waals surface area (Å²) in [7, 11) is 0. The van der Waals surface area contributed by atoms with Gasteiger partial charge in [-0.25, -0.2) is 18.7 Å². The number of nitrogens with two attached hydrogens (primary N) is 1. The second-order valence-corrected chi connectivity index (χ2v) is 4.82. The number of rotatable bonds is 1. The minimum atomic E-state index is -2.73. The van der Waals surface area contributed by atoms with Crippen molar-refractivity contribution in [1.29, 1.82) is 0 Å². The molecular formula is C9H5Br2F2N3. The van der Waals surface area contributed by atoms with Crippen LogP contribution in [0.15, 0.2) is 21.1 Å². The Morgan fingerprint density at radius 3 is 2.50 bits per heavy atom. The number of anilines is 1. The van der Waals surface area contributed by atoms with Crippen LogP contribution in [-0.2, 0) is 0 Å². The maximum Gasteiger partial charge on any atom is 0.297 e. The molecule has 1 aromatic heterocycles. The first kappa shape index (κ1) is 11.7. The van der Waals surface area contributed by atoms with Crippen molar-refractivity contribution in [2.24, 2.45) is 0 Å². The van der Waals surface area contributed by atoms with Gasteiger partial charge in [-0.1, -0.05) is 15.9 Å². The van der Waals surface area contributed by atoms with Gasteiger partial charge in [-0.2, -0.15) is 0 Å². The molecule has 0 aliphatic rings. The van der Waals surface area contributed by atoms with Gasteiger partial charge >= 0.3 is 0 Å². The van der Waals surface area contributed by atoms with Gasteiger partial charge in [-0.05, 0) is 28.1 Å². The zero-order chi connectivity index (χ0) is 11.9. The van der Waals surface area contributed by atoms with Crippen molar-refractivity contribution in [3.05, 3.63) is 26.9 Å². The summed E-state index contributed by atoms with van der Waals surface area (Å²) in [6.07, 6.45) is -2.73. The first-order chi connectivity index (χ1) is 7.49. The van der Waals surface area contributed by atoms with Crippen LogP contribution in [0.3, 0.4) is 0 Å². The third-order valence-corrected chi connectivity index (χ3v) is 3.02. The molecule has 84 valence electrons. The maximum absolute atomic E-state index is 12.5. The topological polar surface area (TPSA) is 51.8 Å². The third-order valence-electron chi connectivity index (χ3n) is 1.96. The predicted octanol–water partition coefficient (Wildman–Crippen LogP) is 3.67. The van der Waals surface area contributed by atoms with Crippen LogP contribution in [0.4, 0.5) is 14.6 Å². The second-order valence-electron chi connectivity index (χ2n) is 3.05. The van der Waals surface area contributed by atoms with Crippen LogP contribution in [0.1, 0.15) is 12.2 Å². The molecule has 16 heavy (non-hydrogen) atoms. The van der Waals surface area contributed by atoms with Crippen LogP contribution >= 0.6 is 31.9 Å². The number of nitrogen functional groups attached to an aromatic ring is 1. The van der Waals surface area contributed by atoms with Gasteiger partial charge in [0.1, 0.15) is 5.82 Å². The second kappa shape index (κ2) is 4.21. The molecule has 0 atom stereocenters. The molecule has 0 saturated heterocycles. The maximum atomic E-state index is 12.5. The zero-order valence-electron chi connectivity index (χ0n) is 7.72. The van der Waals surface area contributed by atoms with Gasteiger partial charge in [-0.3, -0.25) is 0 Å². The van der Waals surface area contributed by atoms with Crippen LogP contribution in [0.25, 0.3) is 10.9 Å². The van der Waals surface area contributed by atoms with E-state index < -0.39 is 12.2 Å². The van der Waals surface area contributed by atoms with E-state index in [1.807, 2.05) is 0 Å². The SMILES string of the molecule is Nc1nc(C(F)F)nc2c(Br)cc(Br)cc12. The molecule has 1 aromatic carbocycles. The van der Waals surface area contributed by atoms with Crippen molar-refractivity contribution in [2.75, 3.05) is 5.73 Å². The molecule has 2 rings (SSSR count). The fraction of sp³-hybridized carbons (Fsp3) is 0.111. The normalized spacial score (nSPS) is 11.3. The van der Waals surface area contributed by atoms with E-state index in [4.69, 9.17) is 5.73 Å². The highest BCUT2D eigenvalue weighted by molar-refractivity contribution is 9.11. The lowest BCUT2D eigenvalue weighted by Crippen LogP contribution is -2.01. The first-order valence-electron chi connectivity index (χ1n) is 4.19. The van der Waals surface area contributed by atoms with Crippen LogP contribution < -0.4 is 5.73 Å². The first-order valence-corrected chi connectivity index (χ1v) is 5.78. The largest absolute Gasteiger partial charge is 0.383 e. The van der Waals surface area contributed by atoms with E-state index >= 15 is 0 Å². The quantitative estimate of drug-likeness (QED) is 0.851. The smallest absolute Gasteiger partial charge is 0.297 e. The highest BCUT2D eigenvalue weighted by atomic mass is 79.9. The van der Waals surface area contributed by atoms with E-state index in [1.54, 1.807) is 12.1 Å². The summed E-state index contributed by atoms with van der Waals surface area (Å²) in [5.74, 6) is -0.518. The fourth-order valence-corrected chi connectivity index (χ4v) is 2.61. The zero-order valence-corrected chi connectivity index (χ0v) is 10.9. The van der Waals surface area contributed by atoms with E-state index in [-0.39, 0.29) is 5.82 Å². The molecule has 0 saturated carbocycles. The van der Waals surface area contributed by atoms with Crippen molar-refractivity contribution in [1.82, 2.24) is 9.97 Å². The molecule has 0 aliphatic carbocycles. The van der Waals surface area contributed by atoms with Gasteiger partial charge in [0.15, 0.2) is 5.82 Å². The van der Waals surface area contributed by atoms with Crippen molar-refractivity contribution < 1.29 is 8.78 Å². The highest BCUT2D eigenvalue weighted by Gasteiger charge is 2.15. The Bertz CT molecular complexity index is 560. The molecule has 0 bridgehead atoms. The Labute approximate surface area is 106 Å². The third kappa shape index (κ3) is 2.01. The van der Waals surface area contributed by atoms with Gasteiger partial charge in [-0.15, -0.1) is 0 Å². The van der Waals surface area contributed by atoms with E-state index in [1.165, 1.54) is 0 Å². The molecule has 0 fully saturated rings. The summed E-state index contributed by atoms with van der Waals surface area (Å²) >= 11 is 6.52. The Balaban J connectivity index is 2.82. The Morgan fingerprint density at radius 1 is 1.19 bits per heavy atom. The molecule has 0 amide bonds. The van der Waals surface area contributed by atoms with E-state index in [2.05, 4.69) is 41.8 Å². The molecule has 3 nitrogen and oxygen atoms in total. The average Bonchev–Trinajstić information content (AvgIpc) is 2.19. The Hall–Kier alpha value is -0.820. The van der Waals surface area contributed by atoms with Crippen LogP contribution in [0.5, 0.6) is 0 Å². The number of fused-ring (bicyclic) bond motifs is 1. The van der Waals surface area contributed by atoms with Crippen molar-refractivity contribution >= 4 is 48.6 Å². The summed E-state index contributed by atoms with van der Waals surface area (Å²) < 4.78 is 26.3. The molecular weight excluding hydrogens is 348 g/mol. The summed E-state index contributed by atoms with van der Waals surface area (Å²) in [4.78, 5) is 7.33. The summed E-state index contributed by atoms with van der Waals surface area (Å²) in [5, 5.41) is 0.533. The van der Waals surface area contributed by atoms with E-state index in [0.717, 1.165) is 4.47 Å². The molecule has 1 heterocycles. The molecule has 0 aliphatic heterocycles. The van der Waals surface area contributed by atoms with Gasteiger partial charge in [0, 0.05) is 14.3 Å². The lowest BCUT2D eigenvalue weighted by Gasteiger charge is -2.06. The van der Waals surface area contributed by atoms with Crippen molar-refractivity contribution in [2.45, 2.75) is 6.43 Å². The molecule has 0 radical (unpaired) electrons. The number of benzene rings is 1. The van der Waals surface area contributed by atoms with Crippen molar-refractivity contribution in [3.63, 3.8) is 0 Å². The summed E-state index contributed by atoms with van der Waals surface area (Å²) in [6.45, 7) is 0. The van der Waals surface area contributed by atoms with Crippen LogP contribution in [0, 0.1) is 0 Å². The fourth-order valence-electron chi connectivity index (χ4n) is 1.30. The minimum Gasteiger partial charge on any atom is -0.383 e. The highest BCUT2D eigenvalue weighted by Crippen LogP contribution is 2.31. The standard InChI is InChI=1S/C9H5Br2F2N3/c10-3-1-4-6(5(11)2-3)15-9(7(12)13)16-8(4)14/h1-2,7H,(H2,14,15,16). The van der Waals surface area contributed by atoms with Gasteiger partial charge in [0.25, 0.3) is 6.43 Å². The summed E-state index contributed by atoms with van der Waals surface area (Å²) in [6, 6.07) is 3.40. The van der Waals surface area contributed by atoms with E-state index in [0.29, 0.717) is 15.4 Å². The number of hydrogen-bond donors (Lipinski definition) is 1. The molecule has 0 spiro atoms. The number of nitrogens with zero attached hydrogens (tertiary/aromatic N) is 2. The number of aromatic nitrogens is 2. The van der Waals surface area contributed by atoms with Crippen LogP contribution in [0.2, 0.25) is 0 Å². The lowest BCUT2D eigenvalue weighted by atomic mass is 10.2. The van der Waals surface area contributed by atoms with Gasteiger partial charge in [0.05, 0.1) is 5.52 Å². The molecule has 2 aromatic rings. The van der Waals surface area contributed by atoms with Crippen LogP contribution in [-0.4, -0.2) is 9.97 Å². The van der Waals surface area contributed by atoms with E-state index in [9.17, 15) is 8.78 Å². The van der Waals surface area contributed by atoms with Crippen molar-refractivity contribution in [3.8, 4) is 0 Å².